The van der Waals surface area contributed by atoms with E-state index in [2.05, 4.69) is 5.32 Å². The van der Waals surface area contributed by atoms with Crippen LogP contribution in [-0.2, 0) is 20.8 Å². The summed E-state index contributed by atoms with van der Waals surface area (Å²) < 4.78 is 51.2. The first-order chi connectivity index (χ1) is 20.3. The van der Waals surface area contributed by atoms with Crippen LogP contribution in [0.5, 0.6) is 11.5 Å². The number of hydrogen-bond donors (Lipinski definition) is 1. The van der Waals surface area contributed by atoms with Gasteiger partial charge in [-0.05, 0) is 72.0 Å². The van der Waals surface area contributed by atoms with E-state index >= 15 is 0 Å². The number of Topliss-reactive ketones (excluding diaryl/α,β-unsaturated/α-hetero) is 2. The highest BCUT2D eigenvalue weighted by Crippen LogP contribution is 2.30. The quantitative estimate of drug-likeness (QED) is 0.197. The molecule has 0 saturated heterocycles. The minimum atomic E-state index is -5.09. The highest BCUT2D eigenvalue weighted by Gasteiger charge is 2.45. The maximum Gasteiger partial charge on any atom is 0.450 e. The molecule has 0 radical (unpaired) electrons. The molecule has 0 aliphatic heterocycles. The Bertz CT molecular complexity index is 1380. The number of ketones is 2. The Labute approximate surface area is 258 Å². The van der Waals surface area contributed by atoms with Crippen LogP contribution in [0.2, 0.25) is 10.0 Å². The maximum atomic E-state index is 13.4. The monoisotopic (exact) mass is 637 g/mol. The molecule has 3 rings (SSSR count). The van der Waals surface area contributed by atoms with Crippen LogP contribution in [0.4, 0.5) is 13.2 Å². The van der Waals surface area contributed by atoms with Gasteiger partial charge in [0.05, 0.1) is 19.6 Å². The normalized spacial score (nSPS) is 13.6. The van der Waals surface area contributed by atoms with E-state index in [4.69, 9.17) is 32.7 Å². The Kier molecular flexibility index (Phi) is 12.0. The van der Waals surface area contributed by atoms with Crippen LogP contribution in [-0.4, -0.2) is 36.8 Å². The van der Waals surface area contributed by atoms with E-state index < -0.39 is 54.1 Å². The van der Waals surface area contributed by atoms with Gasteiger partial charge in [-0.1, -0.05) is 61.3 Å². The molecule has 1 unspecified atom stereocenters. The van der Waals surface area contributed by atoms with Gasteiger partial charge in [-0.3, -0.25) is 14.4 Å². The zero-order valence-electron chi connectivity index (χ0n) is 23.8. The summed E-state index contributed by atoms with van der Waals surface area (Å²) in [5, 5.41) is 3.61. The predicted molar refractivity (Wildman–Crippen MR) is 159 cm³/mol. The first kappa shape index (κ1) is 33.9. The Hall–Kier alpha value is -3.56. The number of ether oxygens (including phenoxy) is 2. The second-order valence-electron chi connectivity index (χ2n) is 10.4. The van der Waals surface area contributed by atoms with Crippen LogP contribution >= 0.6 is 23.2 Å². The molecule has 43 heavy (non-hydrogen) atoms. The molecule has 0 saturated carbocycles. The molecule has 0 aliphatic rings. The van der Waals surface area contributed by atoms with Crippen molar-refractivity contribution in [3.05, 3.63) is 94.0 Å². The van der Waals surface area contributed by atoms with Gasteiger partial charge >= 0.3 is 6.18 Å². The smallest absolute Gasteiger partial charge is 0.450 e. The van der Waals surface area contributed by atoms with Crippen LogP contribution in [0.25, 0.3) is 0 Å². The Morgan fingerprint density at radius 2 is 1.35 bits per heavy atom. The zero-order valence-corrected chi connectivity index (χ0v) is 25.3. The minimum absolute atomic E-state index is 0.0162. The number of carbonyl (C=O) groups is 3. The van der Waals surface area contributed by atoms with Crippen molar-refractivity contribution in [1.82, 2.24) is 5.32 Å². The molecule has 0 aromatic heterocycles. The Balaban J connectivity index is 1.85. The molecule has 6 nitrogen and oxygen atoms in total. The number of hydrogen-bond acceptors (Lipinski definition) is 5. The molecule has 11 heteroatoms. The molecule has 0 fully saturated rings. The number of methoxy groups -OCH3 is 1. The van der Waals surface area contributed by atoms with Gasteiger partial charge in [0.2, 0.25) is 11.7 Å². The summed E-state index contributed by atoms with van der Waals surface area (Å²) in [6.45, 7) is 2.89. The summed E-state index contributed by atoms with van der Waals surface area (Å²) in [4.78, 5) is 38.9. The topological polar surface area (TPSA) is 81.7 Å². The van der Waals surface area contributed by atoms with Crippen molar-refractivity contribution in [3.63, 3.8) is 0 Å². The highest BCUT2D eigenvalue weighted by atomic mass is 35.5. The van der Waals surface area contributed by atoms with Crippen molar-refractivity contribution in [1.29, 1.82) is 0 Å². The number of alkyl halides is 3. The standard InChI is InChI=1S/C32H32Cl2F3NO5/c1-19(2)26(31(41)32(35,36)37)17-28(39)27(16-20-4-8-22(33)9-5-20)38-30(40)18-29(21-6-10-23(34)11-7-21)43-25-14-12-24(42-3)13-15-25/h4-15,19,26-27,29H,16-18H2,1-3H3,(H,38,40)/t26-,27-,29?/m0/s1. The average molecular weight is 639 g/mol. The van der Waals surface area contributed by atoms with Gasteiger partial charge in [0.25, 0.3) is 0 Å². The SMILES string of the molecule is COc1ccc(OC(CC(=O)N[C@@H](Cc2ccc(Cl)cc2)C(=O)C[C@H](C(=O)C(F)(F)F)C(C)C)c2ccc(Cl)cc2)cc1. The van der Waals surface area contributed by atoms with Crippen LogP contribution in [0, 0.1) is 11.8 Å². The molecule has 0 aliphatic carbocycles. The van der Waals surface area contributed by atoms with E-state index in [1.165, 1.54) is 21.0 Å². The maximum absolute atomic E-state index is 13.4. The zero-order chi connectivity index (χ0) is 31.7. The Morgan fingerprint density at radius 3 is 1.86 bits per heavy atom. The number of rotatable bonds is 14. The second-order valence-corrected chi connectivity index (χ2v) is 11.2. The largest absolute Gasteiger partial charge is 0.497 e. The summed E-state index contributed by atoms with van der Waals surface area (Å²) in [6.07, 6.45) is -6.82. The fourth-order valence-electron chi connectivity index (χ4n) is 4.45. The summed E-state index contributed by atoms with van der Waals surface area (Å²) in [7, 11) is 1.53. The van der Waals surface area contributed by atoms with Crippen LogP contribution in [0.3, 0.4) is 0 Å². The summed E-state index contributed by atoms with van der Waals surface area (Å²) >= 11 is 12.0. The van der Waals surface area contributed by atoms with E-state index in [0.717, 1.165) is 0 Å². The lowest BCUT2D eigenvalue weighted by atomic mass is 9.84. The third-order valence-electron chi connectivity index (χ3n) is 6.87. The summed E-state index contributed by atoms with van der Waals surface area (Å²) in [6, 6.07) is 18.8. The van der Waals surface area contributed by atoms with Crippen molar-refractivity contribution in [3.8, 4) is 11.5 Å². The second kappa shape index (κ2) is 15.3. The molecule has 0 spiro atoms. The van der Waals surface area contributed by atoms with Crippen molar-refractivity contribution in [2.75, 3.05) is 7.11 Å². The number of benzene rings is 3. The summed E-state index contributed by atoms with van der Waals surface area (Å²) in [5.41, 5.74) is 1.25. The van der Waals surface area contributed by atoms with E-state index in [1.54, 1.807) is 72.8 Å². The Morgan fingerprint density at radius 1 is 0.814 bits per heavy atom. The highest BCUT2D eigenvalue weighted by molar-refractivity contribution is 6.30. The molecular formula is C32H32Cl2F3NO5. The third kappa shape index (κ3) is 10.3. The molecule has 0 bridgehead atoms. The molecule has 3 aromatic rings. The fraction of sp³-hybridized carbons (Fsp3) is 0.344. The lowest BCUT2D eigenvalue weighted by molar-refractivity contribution is -0.177. The van der Waals surface area contributed by atoms with Crippen LogP contribution in [0.1, 0.15) is 43.9 Å². The third-order valence-corrected chi connectivity index (χ3v) is 7.37. The first-order valence-corrected chi connectivity index (χ1v) is 14.3. The van der Waals surface area contributed by atoms with E-state index in [0.29, 0.717) is 32.7 Å². The van der Waals surface area contributed by atoms with Crippen molar-refractivity contribution in [2.45, 2.75) is 51.4 Å². The molecule has 0 heterocycles. The van der Waals surface area contributed by atoms with Crippen molar-refractivity contribution < 1.29 is 37.0 Å². The van der Waals surface area contributed by atoms with Crippen LogP contribution in [0.15, 0.2) is 72.8 Å². The molecule has 1 N–H and O–H groups in total. The average Bonchev–Trinajstić information content (AvgIpc) is 2.96. The van der Waals surface area contributed by atoms with Gasteiger partial charge in [-0.25, -0.2) is 0 Å². The molecule has 3 atom stereocenters. The van der Waals surface area contributed by atoms with Crippen molar-refractivity contribution in [2.24, 2.45) is 11.8 Å². The van der Waals surface area contributed by atoms with E-state index in [9.17, 15) is 27.6 Å². The van der Waals surface area contributed by atoms with Gasteiger partial charge < -0.3 is 14.8 Å². The van der Waals surface area contributed by atoms with E-state index in [-0.39, 0.29) is 12.8 Å². The minimum Gasteiger partial charge on any atom is -0.497 e. The molecule has 1 amide bonds. The first-order valence-electron chi connectivity index (χ1n) is 13.5. The molecule has 230 valence electrons. The predicted octanol–water partition coefficient (Wildman–Crippen LogP) is 7.60. The molecular weight excluding hydrogens is 606 g/mol. The van der Waals surface area contributed by atoms with Gasteiger partial charge in [0.15, 0.2) is 5.78 Å². The van der Waals surface area contributed by atoms with Gasteiger partial charge in [0, 0.05) is 22.4 Å². The van der Waals surface area contributed by atoms with Gasteiger partial charge in [-0.15, -0.1) is 0 Å². The van der Waals surface area contributed by atoms with Gasteiger partial charge in [0.1, 0.15) is 17.6 Å². The number of nitrogens with one attached hydrogen (secondary N) is 1. The lowest BCUT2D eigenvalue weighted by Crippen LogP contribution is -2.45. The van der Waals surface area contributed by atoms with Crippen molar-refractivity contribution >= 4 is 40.7 Å². The lowest BCUT2D eigenvalue weighted by Gasteiger charge is -2.25. The number of carbonyl (C=O) groups excluding carboxylic acids is 3. The molecule has 3 aromatic carbocycles. The fourth-order valence-corrected chi connectivity index (χ4v) is 4.70. The van der Waals surface area contributed by atoms with Crippen LogP contribution < -0.4 is 14.8 Å². The summed E-state index contributed by atoms with van der Waals surface area (Å²) in [5.74, 6) is -4.52. The number of amides is 1. The van der Waals surface area contributed by atoms with Gasteiger partial charge in [-0.2, -0.15) is 13.2 Å². The number of halogens is 5. The van der Waals surface area contributed by atoms with E-state index in [1.807, 2.05) is 0 Å².